The molecule has 3 nitrogen and oxygen atoms in total. The zero-order valence-electron chi connectivity index (χ0n) is 10.7. The Balaban J connectivity index is 2.65. The maximum Gasteiger partial charge on any atom is 0.392 e. The third-order valence-corrected chi connectivity index (χ3v) is 2.65. The zero-order valence-corrected chi connectivity index (χ0v) is 12.3. The smallest absolute Gasteiger partial charge is 0.392 e. The van der Waals surface area contributed by atoms with Crippen molar-refractivity contribution in [1.29, 1.82) is 0 Å². The Morgan fingerprint density at radius 2 is 2.11 bits per heavy atom. The fourth-order valence-electron chi connectivity index (χ4n) is 1.30. The predicted molar refractivity (Wildman–Crippen MR) is 70.1 cm³/mol. The average Bonchev–Trinajstić information content (AvgIpc) is 2.27. The van der Waals surface area contributed by atoms with Gasteiger partial charge in [0.05, 0.1) is 13.0 Å². The molecule has 0 atom stereocenters. The number of nitrogens with zero attached hydrogens (tertiary/aromatic N) is 1. The van der Waals surface area contributed by atoms with Crippen LogP contribution >= 0.6 is 15.9 Å². The number of hydrogen-bond acceptors (Lipinski definition) is 3. The van der Waals surface area contributed by atoms with Gasteiger partial charge in [0, 0.05) is 28.8 Å². The van der Waals surface area contributed by atoms with E-state index in [1.165, 1.54) is 6.20 Å². The van der Waals surface area contributed by atoms with E-state index < -0.39 is 19.2 Å². The summed E-state index contributed by atoms with van der Waals surface area (Å²) in [6.07, 6.45) is -3.70. The minimum absolute atomic E-state index is 0.237. The number of halogens is 4. The number of rotatable bonds is 6. The normalized spacial score (nSPS) is 11.9. The first-order valence-corrected chi connectivity index (χ1v) is 6.64. The highest BCUT2D eigenvalue weighted by Crippen LogP contribution is 2.23. The topological polar surface area (TPSA) is 34.2 Å². The number of alkyl halides is 3. The minimum atomic E-state index is -4.22. The number of pyridine rings is 1. The van der Waals surface area contributed by atoms with Crippen molar-refractivity contribution in [3.63, 3.8) is 0 Å². The number of ether oxygens (including phenoxy) is 1. The first kappa shape index (κ1) is 16.2. The number of hydrogen-bond donors (Lipinski definition) is 1. The van der Waals surface area contributed by atoms with Crippen LogP contribution in [0, 0.1) is 0 Å². The summed E-state index contributed by atoms with van der Waals surface area (Å²) in [7, 11) is 0. The fourth-order valence-corrected chi connectivity index (χ4v) is 1.68. The van der Waals surface area contributed by atoms with Gasteiger partial charge in [-0.2, -0.15) is 13.2 Å². The molecule has 0 aliphatic rings. The lowest BCUT2D eigenvalue weighted by molar-refractivity contribution is -0.139. The van der Waals surface area contributed by atoms with E-state index in [0.29, 0.717) is 6.54 Å². The molecule has 0 radical (unpaired) electrons. The lowest BCUT2D eigenvalue weighted by Gasteiger charge is -2.13. The monoisotopic (exact) mass is 340 g/mol. The maximum absolute atomic E-state index is 12.1. The summed E-state index contributed by atoms with van der Waals surface area (Å²) in [5.74, 6) is 0.237. The largest absolute Gasteiger partial charge is 0.477 e. The standard InChI is InChI=1S/C12H16BrF3N2O/c1-8(2)17-6-9-5-10(13)7-18-11(9)19-4-3-12(14,15)16/h5,7-8,17H,3-4,6H2,1-2H3. The van der Waals surface area contributed by atoms with E-state index >= 15 is 0 Å². The molecule has 1 rings (SSSR count). The summed E-state index contributed by atoms with van der Waals surface area (Å²) in [5, 5.41) is 3.17. The summed E-state index contributed by atoms with van der Waals surface area (Å²) in [5.41, 5.74) is 0.727. The molecule has 0 saturated heterocycles. The van der Waals surface area contributed by atoms with E-state index in [1.54, 1.807) is 6.07 Å². The van der Waals surface area contributed by atoms with Crippen molar-refractivity contribution in [1.82, 2.24) is 10.3 Å². The second kappa shape index (κ2) is 7.09. The molecule has 1 aromatic heterocycles. The van der Waals surface area contributed by atoms with Crippen LogP contribution in [-0.2, 0) is 6.54 Å². The zero-order chi connectivity index (χ0) is 14.5. The van der Waals surface area contributed by atoms with Gasteiger partial charge < -0.3 is 10.1 Å². The molecule has 0 aromatic carbocycles. The molecule has 0 aliphatic carbocycles. The predicted octanol–water partition coefficient (Wildman–Crippen LogP) is 3.67. The Bertz CT molecular complexity index is 410. The van der Waals surface area contributed by atoms with Gasteiger partial charge in [-0.1, -0.05) is 13.8 Å². The minimum Gasteiger partial charge on any atom is -0.477 e. The second-order valence-electron chi connectivity index (χ2n) is 4.37. The van der Waals surface area contributed by atoms with E-state index in [9.17, 15) is 13.2 Å². The third-order valence-electron chi connectivity index (χ3n) is 2.22. The van der Waals surface area contributed by atoms with Gasteiger partial charge in [-0.3, -0.25) is 0 Å². The van der Waals surface area contributed by atoms with Gasteiger partial charge in [-0.25, -0.2) is 4.98 Å². The summed E-state index contributed by atoms with van der Waals surface area (Å²) < 4.78 is 42.0. The van der Waals surface area contributed by atoms with Crippen LogP contribution in [0.4, 0.5) is 13.2 Å². The molecule has 0 amide bonds. The molecule has 0 fully saturated rings. The van der Waals surface area contributed by atoms with Gasteiger partial charge in [-0.15, -0.1) is 0 Å². The van der Waals surface area contributed by atoms with E-state index in [2.05, 4.69) is 26.2 Å². The summed E-state index contributed by atoms with van der Waals surface area (Å²) in [4.78, 5) is 4.00. The Hall–Kier alpha value is -0.820. The van der Waals surface area contributed by atoms with Gasteiger partial charge in [0.15, 0.2) is 0 Å². The molecule has 19 heavy (non-hydrogen) atoms. The van der Waals surface area contributed by atoms with Gasteiger partial charge in [0.25, 0.3) is 0 Å². The van der Waals surface area contributed by atoms with Crippen LogP contribution in [0.2, 0.25) is 0 Å². The highest BCUT2D eigenvalue weighted by molar-refractivity contribution is 9.10. The quantitative estimate of drug-likeness (QED) is 0.857. The Morgan fingerprint density at radius 3 is 2.68 bits per heavy atom. The van der Waals surface area contributed by atoms with Crippen LogP contribution in [0.5, 0.6) is 5.88 Å². The van der Waals surface area contributed by atoms with Crippen molar-refractivity contribution in [2.75, 3.05) is 6.61 Å². The molecule has 0 bridgehead atoms. The first-order chi connectivity index (χ1) is 8.78. The molecule has 108 valence electrons. The van der Waals surface area contributed by atoms with Crippen LogP contribution in [0.3, 0.4) is 0 Å². The lowest BCUT2D eigenvalue weighted by atomic mass is 10.2. The van der Waals surface area contributed by atoms with Crippen LogP contribution < -0.4 is 10.1 Å². The molecule has 7 heteroatoms. The van der Waals surface area contributed by atoms with Crippen molar-refractivity contribution in [3.8, 4) is 5.88 Å². The third kappa shape index (κ3) is 6.77. The average molecular weight is 341 g/mol. The van der Waals surface area contributed by atoms with Crippen molar-refractivity contribution in [3.05, 3.63) is 22.3 Å². The summed E-state index contributed by atoms with van der Waals surface area (Å²) >= 11 is 3.28. The SMILES string of the molecule is CC(C)NCc1cc(Br)cnc1OCCC(F)(F)F. The van der Waals surface area contributed by atoms with E-state index in [1.807, 2.05) is 13.8 Å². The van der Waals surface area contributed by atoms with Crippen LogP contribution in [0.15, 0.2) is 16.7 Å². The maximum atomic E-state index is 12.1. The Labute approximate surface area is 118 Å². The molecular formula is C12H16BrF3N2O. The molecule has 1 aromatic rings. The molecular weight excluding hydrogens is 325 g/mol. The Kier molecular flexibility index (Phi) is 6.06. The first-order valence-electron chi connectivity index (χ1n) is 5.85. The van der Waals surface area contributed by atoms with E-state index in [4.69, 9.17) is 4.74 Å². The van der Waals surface area contributed by atoms with Gasteiger partial charge in [0.2, 0.25) is 5.88 Å². The molecule has 1 heterocycles. The van der Waals surface area contributed by atoms with Crippen molar-refractivity contribution in [2.45, 2.75) is 39.0 Å². The summed E-state index contributed by atoms with van der Waals surface area (Å²) in [6, 6.07) is 2.05. The van der Waals surface area contributed by atoms with Crippen molar-refractivity contribution >= 4 is 15.9 Å². The highest BCUT2D eigenvalue weighted by atomic mass is 79.9. The molecule has 1 N–H and O–H groups in total. The van der Waals surface area contributed by atoms with E-state index in [0.717, 1.165) is 10.0 Å². The van der Waals surface area contributed by atoms with Crippen LogP contribution in [0.1, 0.15) is 25.8 Å². The van der Waals surface area contributed by atoms with Gasteiger partial charge in [-0.05, 0) is 22.0 Å². The van der Waals surface area contributed by atoms with Gasteiger partial charge in [0.1, 0.15) is 0 Å². The van der Waals surface area contributed by atoms with Gasteiger partial charge >= 0.3 is 6.18 Å². The highest BCUT2D eigenvalue weighted by Gasteiger charge is 2.27. The number of aromatic nitrogens is 1. The molecule has 0 spiro atoms. The van der Waals surface area contributed by atoms with Crippen LogP contribution in [0.25, 0.3) is 0 Å². The van der Waals surface area contributed by atoms with Crippen molar-refractivity contribution in [2.24, 2.45) is 0 Å². The van der Waals surface area contributed by atoms with Crippen molar-refractivity contribution < 1.29 is 17.9 Å². The van der Waals surface area contributed by atoms with Crippen LogP contribution in [-0.4, -0.2) is 23.8 Å². The lowest BCUT2D eigenvalue weighted by Crippen LogP contribution is -2.22. The summed E-state index contributed by atoms with van der Waals surface area (Å²) in [6.45, 7) is 4.03. The second-order valence-corrected chi connectivity index (χ2v) is 5.28. The fraction of sp³-hybridized carbons (Fsp3) is 0.583. The molecule has 0 aliphatic heterocycles. The number of nitrogens with one attached hydrogen (secondary N) is 1. The Morgan fingerprint density at radius 1 is 1.42 bits per heavy atom. The molecule has 0 unspecified atom stereocenters. The molecule has 0 saturated carbocycles. The van der Waals surface area contributed by atoms with E-state index in [-0.39, 0.29) is 11.9 Å².